The van der Waals surface area contributed by atoms with Crippen LogP contribution in [0.15, 0.2) is 43.1 Å². The zero-order chi connectivity index (χ0) is 16.8. The van der Waals surface area contributed by atoms with E-state index in [0.717, 1.165) is 0 Å². The normalized spacial score (nSPS) is 11.6. The third-order valence-electron chi connectivity index (χ3n) is 3.28. The molecule has 0 N–H and O–H groups in total. The van der Waals surface area contributed by atoms with Gasteiger partial charge in [0, 0.05) is 11.8 Å². The summed E-state index contributed by atoms with van der Waals surface area (Å²) in [6, 6.07) is 7.95. The van der Waals surface area contributed by atoms with E-state index in [0.29, 0.717) is 11.1 Å². The predicted molar refractivity (Wildman–Crippen MR) is 85.7 cm³/mol. The number of hydrogen-bond donors (Lipinski definition) is 0. The Morgan fingerprint density at radius 1 is 1.39 bits per heavy atom. The zero-order valence-electron chi connectivity index (χ0n) is 13.1. The molecule has 0 aliphatic heterocycles. The molecule has 0 saturated heterocycles. The van der Waals surface area contributed by atoms with Crippen LogP contribution in [0.2, 0.25) is 0 Å². The summed E-state index contributed by atoms with van der Waals surface area (Å²) < 4.78 is 24.6. The van der Waals surface area contributed by atoms with Gasteiger partial charge in [-0.3, -0.25) is 0 Å². The lowest BCUT2D eigenvalue weighted by Gasteiger charge is -2.17. The van der Waals surface area contributed by atoms with Crippen LogP contribution in [-0.4, -0.2) is 17.6 Å². The van der Waals surface area contributed by atoms with Gasteiger partial charge in [0.1, 0.15) is 17.5 Å². The van der Waals surface area contributed by atoms with Crippen molar-refractivity contribution in [1.29, 1.82) is 0 Å². The van der Waals surface area contributed by atoms with E-state index in [1.165, 1.54) is 18.3 Å². The average Bonchev–Trinajstić information content (AvgIpc) is 2.55. The molecule has 1 heterocycles. The van der Waals surface area contributed by atoms with Gasteiger partial charge in [0.2, 0.25) is 5.88 Å². The minimum absolute atomic E-state index is 0.0941. The highest BCUT2D eigenvalue weighted by Crippen LogP contribution is 2.27. The third kappa shape index (κ3) is 3.74. The number of nitrogens with zero attached hydrogens (tertiary/aromatic N) is 1. The topological polar surface area (TPSA) is 48.4 Å². The van der Waals surface area contributed by atoms with E-state index < -0.39 is 12.1 Å². The number of aromatic nitrogens is 1. The first-order valence-corrected chi connectivity index (χ1v) is 7.28. The summed E-state index contributed by atoms with van der Waals surface area (Å²) in [5.74, 6) is -0.833. The van der Waals surface area contributed by atoms with Crippen molar-refractivity contribution < 1.29 is 18.7 Å². The summed E-state index contributed by atoms with van der Waals surface area (Å²) in [6.07, 6.45) is 2.41. The Bertz CT molecular complexity index is 715. The number of ether oxygens (including phenoxy) is 2. The van der Waals surface area contributed by atoms with Crippen molar-refractivity contribution in [3.8, 4) is 5.88 Å². The van der Waals surface area contributed by atoms with Crippen LogP contribution in [-0.2, 0) is 4.74 Å². The number of pyridine rings is 1. The molecular weight excluding hydrogens is 297 g/mol. The van der Waals surface area contributed by atoms with E-state index in [-0.39, 0.29) is 23.9 Å². The molecule has 23 heavy (non-hydrogen) atoms. The van der Waals surface area contributed by atoms with Crippen molar-refractivity contribution in [2.75, 3.05) is 6.61 Å². The van der Waals surface area contributed by atoms with Crippen molar-refractivity contribution in [2.24, 2.45) is 0 Å². The number of carbonyl (C=O) groups is 1. The van der Waals surface area contributed by atoms with Crippen molar-refractivity contribution in [3.63, 3.8) is 0 Å². The van der Waals surface area contributed by atoms with E-state index in [9.17, 15) is 9.18 Å². The predicted octanol–water partition coefficient (Wildman–Crippen LogP) is 4.18. The van der Waals surface area contributed by atoms with Gasteiger partial charge in [-0.15, -0.1) is 0 Å². The summed E-state index contributed by atoms with van der Waals surface area (Å²) in [7, 11) is 0. The van der Waals surface area contributed by atoms with E-state index in [1.54, 1.807) is 38.1 Å². The number of carbonyl (C=O) groups excluding carboxylic acids is 1. The van der Waals surface area contributed by atoms with Crippen molar-refractivity contribution in [1.82, 2.24) is 4.98 Å². The van der Waals surface area contributed by atoms with Gasteiger partial charge < -0.3 is 9.47 Å². The summed E-state index contributed by atoms with van der Waals surface area (Å²) in [6.45, 7) is 7.31. The number of halogens is 1. The maximum Gasteiger partial charge on any atom is 0.344 e. The zero-order valence-corrected chi connectivity index (χ0v) is 13.1. The van der Waals surface area contributed by atoms with Crippen LogP contribution >= 0.6 is 0 Å². The summed E-state index contributed by atoms with van der Waals surface area (Å²) in [4.78, 5) is 16.3. The second-order valence-corrected chi connectivity index (χ2v) is 4.79. The fourth-order valence-electron chi connectivity index (χ4n) is 2.16. The Hall–Kier alpha value is -2.69. The van der Waals surface area contributed by atoms with Crippen LogP contribution in [0.5, 0.6) is 5.88 Å². The molecule has 5 heteroatoms. The molecular formula is C18H18FNO3. The van der Waals surface area contributed by atoms with Crippen LogP contribution < -0.4 is 4.74 Å². The van der Waals surface area contributed by atoms with E-state index in [2.05, 4.69) is 11.6 Å². The van der Waals surface area contributed by atoms with Crippen LogP contribution in [0.3, 0.4) is 0 Å². The first-order chi connectivity index (χ1) is 11.1. The first-order valence-electron chi connectivity index (χ1n) is 7.28. The number of hydrogen-bond acceptors (Lipinski definition) is 4. The maximum atomic E-state index is 13.9. The molecule has 0 aliphatic rings. The quantitative estimate of drug-likeness (QED) is 0.750. The molecule has 4 nitrogen and oxygen atoms in total. The molecule has 0 bridgehead atoms. The van der Waals surface area contributed by atoms with Crippen molar-refractivity contribution >= 4 is 12.0 Å². The number of rotatable bonds is 6. The second kappa shape index (κ2) is 7.54. The fourth-order valence-corrected chi connectivity index (χ4v) is 2.16. The third-order valence-corrected chi connectivity index (χ3v) is 3.28. The second-order valence-electron chi connectivity index (χ2n) is 4.79. The Balaban J connectivity index is 2.38. The molecule has 0 spiro atoms. The largest absolute Gasteiger partial charge is 0.469 e. The molecule has 2 rings (SSSR count). The molecule has 0 fully saturated rings. The number of esters is 1. The Labute approximate surface area is 134 Å². The molecule has 2 aromatic rings. The minimum atomic E-state index is -0.614. The molecule has 1 unspecified atom stereocenters. The lowest BCUT2D eigenvalue weighted by Crippen LogP contribution is -2.13. The lowest BCUT2D eigenvalue weighted by molar-refractivity contribution is 0.0517. The highest BCUT2D eigenvalue weighted by Gasteiger charge is 2.22. The van der Waals surface area contributed by atoms with Crippen LogP contribution in [0.4, 0.5) is 4.39 Å². The number of benzene rings is 1. The maximum absolute atomic E-state index is 13.9. The molecule has 0 radical (unpaired) electrons. The van der Waals surface area contributed by atoms with E-state index in [1.807, 2.05) is 0 Å². The van der Waals surface area contributed by atoms with Gasteiger partial charge >= 0.3 is 5.97 Å². The average molecular weight is 315 g/mol. The van der Waals surface area contributed by atoms with Gasteiger partial charge in [-0.05, 0) is 31.5 Å². The van der Waals surface area contributed by atoms with Gasteiger partial charge in [0.15, 0.2) is 0 Å². The van der Waals surface area contributed by atoms with Crippen molar-refractivity contribution in [3.05, 3.63) is 65.6 Å². The smallest absolute Gasteiger partial charge is 0.344 e. The van der Waals surface area contributed by atoms with Gasteiger partial charge in [-0.25, -0.2) is 14.2 Å². The standard InChI is InChI=1S/C18H18FNO3/c1-4-13-10-11-20-17(16(13)18(21)22-5-2)23-12(3)14-8-6-7-9-15(14)19/h4,6-12H,1,5H2,2-3H3. The Morgan fingerprint density at radius 3 is 2.78 bits per heavy atom. The van der Waals surface area contributed by atoms with Crippen LogP contribution in [0.1, 0.15) is 41.4 Å². The van der Waals surface area contributed by atoms with E-state index in [4.69, 9.17) is 9.47 Å². The highest BCUT2D eigenvalue weighted by atomic mass is 19.1. The Morgan fingerprint density at radius 2 is 2.13 bits per heavy atom. The lowest BCUT2D eigenvalue weighted by atomic mass is 10.1. The molecule has 1 aromatic carbocycles. The molecule has 1 aromatic heterocycles. The van der Waals surface area contributed by atoms with Gasteiger partial charge in [-0.2, -0.15) is 0 Å². The Kier molecular flexibility index (Phi) is 5.46. The van der Waals surface area contributed by atoms with Gasteiger partial charge in [0.25, 0.3) is 0 Å². The van der Waals surface area contributed by atoms with Crippen molar-refractivity contribution in [2.45, 2.75) is 20.0 Å². The minimum Gasteiger partial charge on any atom is -0.469 e. The monoisotopic (exact) mass is 315 g/mol. The molecule has 0 aliphatic carbocycles. The summed E-state index contributed by atoms with van der Waals surface area (Å²) >= 11 is 0. The van der Waals surface area contributed by atoms with Crippen LogP contribution in [0.25, 0.3) is 6.08 Å². The van der Waals surface area contributed by atoms with Gasteiger partial charge in [-0.1, -0.05) is 30.9 Å². The van der Waals surface area contributed by atoms with Crippen LogP contribution in [0, 0.1) is 5.82 Å². The SMILES string of the molecule is C=Cc1ccnc(OC(C)c2ccccc2F)c1C(=O)OCC. The highest BCUT2D eigenvalue weighted by molar-refractivity contribution is 5.95. The molecule has 0 amide bonds. The fraction of sp³-hybridized carbons (Fsp3) is 0.222. The molecule has 120 valence electrons. The first kappa shape index (κ1) is 16.7. The summed E-state index contributed by atoms with van der Waals surface area (Å²) in [5, 5.41) is 0. The molecule has 1 atom stereocenters. The van der Waals surface area contributed by atoms with E-state index >= 15 is 0 Å². The summed E-state index contributed by atoms with van der Waals surface area (Å²) in [5.41, 5.74) is 1.12. The van der Waals surface area contributed by atoms with Gasteiger partial charge in [0.05, 0.1) is 6.61 Å². The molecule has 0 saturated carbocycles.